The van der Waals surface area contributed by atoms with Crippen molar-refractivity contribution in [3.63, 3.8) is 0 Å². The zero-order chi connectivity index (χ0) is 16.9. The Hall–Kier alpha value is -1.89. The lowest BCUT2D eigenvalue weighted by Gasteiger charge is -2.31. The van der Waals surface area contributed by atoms with Gasteiger partial charge in [-0.3, -0.25) is 4.68 Å². The number of carbonyl (C=O) groups excluding carboxylic acids is 1. The van der Waals surface area contributed by atoms with E-state index in [-0.39, 0.29) is 6.03 Å². The number of piperidine rings is 1. The van der Waals surface area contributed by atoms with Crippen LogP contribution in [-0.2, 0) is 6.54 Å². The van der Waals surface area contributed by atoms with Crippen molar-refractivity contribution in [2.24, 2.45) is 0 Å². The van der Waals surface area contributed by atoms with Gasteiger partial charge in [-0.2, -0.15) is 5.10 Å². The van der Waals surface area contributed by atoms with Gasteiger partial charge in [0.05, 0.1) is 10.7 Å². The highest BCUT2D eigenvalue weighted by Gasteiger charge is 2.24. The van der Waals surface area contributed by atoms with Gasteiger partial charge in [0.1, 0.15) is 0 Å². The van der Waals surface area contributed by atoms with Gasteiger partial charge in [0, 0.05) is 49.4 Å². The van der Waals surface area contributed by atoms with E-state index < -0.39 is 0 Å². The predicted molar refractivity (Wildman–Crippen MR) is 95.4 cm³/mol. The van der Waals surface area contributed by atoms with Gasteiger partial charge in [0.25, 0.3) is 0 Å². The molecule has 24 heavy (non-hydrogen) atoms. The first-order chi connectivity index (χ1) is 11.6. The zero-order valence-electron chi connectivity index (χ0n) is 14.4. The summed E-state index contributed by atoms with van der Waals surface area (Å²) in [5.74, 6) is 0.514. The van der Waals surface area contributed by atoms with Crippen molar-refractivity contribution in [1.29, 1.82) is 0 Å². The molecule has 0 atom stereocenters. The number of amides is 2. The molecule has 0 bridgehead atoms. The molecule has 2 aromatic heterocycles. The van der Waals surface area contributed by atoms with Crippen LogP contribution in [0.1, 0.15) is 41.6 Å². The van der Waals surface area contributed by atoms with Crippen LogP contribution in [0.15, 0.2) is 17.6 Å². The monoisotopic (exact) mass is 347 g/mol. The molecule has 0 aromatic carbocycles. The summed E-state index contributed by atoms with van der Waals surface area (Å²) in [6.07, 6.45) is 4.77. The van der Waals surface area contributed by atoms with Gasteiger partial charge in [-0.05, 0) is 39.2 Å². The van der Waals surface area contributed by atoms with Gasteiger partial charge >= 0.3 is 6.03 Å². The SMILES string of the molecule is Cc1cc(C)n(CCCNC(=O)N2CCC(c3nccs3)CC2)n1. The van der Waals surface area contributed by atoms with Crippen molar-refractivity contribution in [1.82, 2.24) is 25.0 Å². The third kappa shape index (κ3) is 4.14. The van der Waals surface area contributed by atoms with Gasteiger partial charge in [-0.15, -0.1) is 11.3 Å². The van der Waals surface area contributed by atoms with Gasteiger partial charge in [-0.25, -0.2) is 9.78 Å². The minimum Gasteiger partial charge on any atom is -0.338 e. The number of rotatable bonds is 5. The first kappa shape index (κ1) is 17.0. The molecule has 1 aliphatic rings. The smallest absolute Gasteiger partial charge is 0.317 e. The summed E-state index contributed by atoms with van der Waals surface area (Å²) in [4.78, 5) is 18.6. The predicted octanol–water partition coefficient (Wildman–Crippen LogP) is 2.94. The van der Waals surface area contributed by atoms with E-state index in [2.05, 4.69) is 28.4 Å². The summed E-state index contributed by atoms with van der Waals surface area (Å²) in [7, 11) is 0. The number of likely N-dealkylation sites (tertiary alicyclic amines) is 1. The summed E-state index contributed by atoms with van der Waals surface area (Å²) < 4.78 is 2.00. The van der Waals surface area contributed by atoms with Crippen LogP contribution < -0.4 is 5.32 Å². The van der Waals surface area contributed by atoms with E-state index in [1.54, 1.807) is 11.3 Å². The van der Waals surface area contributed by atoms with Crippen LogP contribution in [0.2, 0.25) is 0 Å². The van der Waals surface area contributed by atoms with Crippen molar-refractivity contribution in [2.45, 2.75) is 45.6 Å². The standard InChI is InChI=1S/C17H25N5OS/c1-13-12-14(2)22(20-13)8-3-6-19-17(23)21-9-4-15(5-10-21)16-18-7-11-24-16/h7,11-12,15H,3-6,8-10H2,1-2H3,(H,19,23). The third-order valence-corrected chi connectivity index (χ3v) is 5.45. The summed E-state index contributed by atoms with van der Waals surface area (Å²) in [5, 5.41) is 10.7. The Bertz CT molecular complexity index is 659. The number of hydrogen-bond acceptors (Lipinski definition) is 4. The average molecular weight is 347 g/mol. The number of thiazole rings is 1. The van der Waals surface area contributed by atoms with Crippen molar-refractivity contribution >= 4 is 17.4 Å². The van der Waals surface area contributed by atoms with Crippen LogP contribution >= 0.6 is 11.3 Å². The van der Waals surface area contributed by atoms with Crippen LogP contribution in [0, 0.1) is 13.8 Å². The second-order valence-corrected chi connectivity index (χ2v) is 7.29. The molecule has 2 amide bonds. The quantitative estimate of drug-likeness (QED) is 0.846. The highest BCUT2D eigenvalue weighted by atomic mass is 32.1. The Morgan fingerprint density at radius 1 is 1.38 bits per heavy atom. The molecule has 0 spiro atoms. The number of urea groups is 1. The molecule has 2 aromatic rings. The molecule has 7 heteroatoms. The number of aryl methyl sites for hydroxylation is 3. The Labute approximate surface area is 146 Å². The second kappa shape index (κ2) is 7.79. The first-order valence-corrected chi connectivity index (χ1v) is 9.44. The van der Waals surface area contributed by atoms with E-state index >= 15 is 0 Å². The van der Waals surface area contributed by atoms with Gasteiger partial charge in [0.15, 0.2) is 0 Å². The number of hydrogen-bond donors (Lipinski definition) is 1. The molecule has 1 fully saturated rings. The summed E-state index contributed by atoms with van der Waals surface area (Å²) in [6, 6.07) is 2.13. The fraction of sp³-hybridized carbons (Fsp3) is 0.588. The molecular formula is C17H25N5OS. The summed E-state index contributed by atoms with van der Waals surface area (Å²) in [6.45, 7) is 7.21. The molecule has 1 saturated heterocycles. The number of aromatic nitrogens is 3. The molecule has 3 heterocycles. The molecule has 1 aliphatic heterocycles. The highest BCUT2D eigenvalue weighted by Crippen LogP contribution is 2.29. The van der Waals surface area contributed by atoms with E-state index in [9.17, 15) is 4.79 Å². The Morgan fingerprint density at radius 2 is 2.17 bits per heavy atom. The average Bonchev–Trinajstić information content (AvgIpc) is 3.21. The molecule has 1 N–H and O–H groups in total. The summed E-state index contributed by atoms with van der Waals surface area (Å²) >= 11 is 1.72. The summed E-state index contributed by atoms with van der Waals surface area (Å²) in [5.41, 5.74) is 2.21. The fourth-order valence-electron chi connectivity index (χ4n) is 3.20. The molecule has 0 radical (unpaired) electrons. The van der Waals surface area contributed by atoms with E-state index in [1.165, 1.54) is 10.7 Å². The topological polar surface area (TPSA) is 63.1 Å². The minimum absolute atomic E-state index is 0.0564. The lowest BCUT2D eigenvalue weighted by Crippen LogP contribution is -2.44. The van der Waals surface area contributed by atoms with E-state index in [1.807, 2.05) is 28.1 Å². The van der Waals surface area contributed by atoms with E-state index in [0.717, 1.165) is 44.6 Å². The van der Waals surface area contributed by atoms with Crippen LogP contribution in [0.3, 0.4) is 0 Å². The van der Waals surface area contributed by atoms with Crippen LogP contribution in [0.5, 0.6) is 0 Å². The van der Waals surface area contributed by atoms with Crippen molar-refractivity contribution in [3.8, 4) is 0 Å². The first-order valence-electron chi connectivity index (χ1n) is 8.56. The molecule has 0 saturated carbocycles. The molecule has 0 aliphatic carbocycles. The van der Waals surface area contributed by atoms with Crippen LogP contribution in [0.4, 0.5) is 4.79 Å². The largest absolute Gasteiger partial charge is 0.338 e. The molecule has 130 valence electrons. The normalized spacial score (nSPS) is 15.7. The number of nitrogens with zero attached hydrogens (tertiary/aromatic N) is 4. The Balaban J connectivity index is 1.36. The maximum atomic E-state index is 12.3. The lowest BCUT2D eigenvalue weighted by molar-refractivity contribution is 0.181. The molecule has 3 rings (SSSR count). The fourth-order valence-corrected chi connectivity index (χ4v) is 4.01. The Kier molecular flexibility index (Phi) is 5.50. The van der Waals surface area contributed by atoms with Crippen molar-refractivity contribution in [2.75, 3.05) is 19.6 Å². The lowest BCUT2D eigenvalue weighted by atomic mass is 9.98. The van der Waals surface area contributed by atoms with E-state index in [4.69, 9.17) is 0 Å². The molecule has 6 nitrogen and oxygen atoms in total. The maximum absolute atomic E-state index is 12.3. The number of nitrogens with one attached hydrogen (secondary N) is 1. The van der Waals surface area contributed by atoms with Crippen LogP contribution in [-0.4, -0.2) is 45.3 Å². The van der Waals surface area contributed by atoms with Gasteiger partial charge < -0.3 is 10.2 Å². The highest BCUT2D eigenvalue weighted by molar-refractivity contribution is 7.09. The Morgan fingerprint density at radius 3 is 2.79 bits per heavy atom. The zero-order valence-corrected chi connectivity index (χ0v) is 15.2. The molecule has 0 unspecified atom stereocenters. The molecular weight excluding hydrogens is 322 g/mol. The number of carbonyl (C=O) groups is 1. The van der Waals surface area contributed by atoms with Crippen molar-refractivity contribution in [3.05, 3.63) is 34.0 Å². The van der Waals surface area contributed by atoms with Crippen molar-refractivity contribution < 1.29 is 4.79 Å². The maximum Gasteiger partial charge on any atom is 0.317 e. The van der Waals surface area contributed by atoms with Crippen LogP contribution in [0.25, 0.3) is 0 Å². The van der Waals surface area contributed by atoms with Gasteiger partial charge in [-0.1, -0.05) is 0 Å². The second-order valence-electron chi connectivity index (χ2n) is 6.37. The van der Waals surface area contributed by atoms with Gasteiger partial charge in [0.2, 0.25) is 0 Å². The van der Waals surface area contributed by atoms with E-state index in [0.29, 0.717) is 12.5 Å². The minimum atomic E-state index is 0.0564. The third-order valence-electron chi connectivity index (χ3n) is 4.51.